The van der Waals surface area contributed by atoms with E-state index in [1.165, 1.54) is 12.1 Å². The highest BCUT2D eigenvalue weighted by molar-refractivity contribution is 5.70. The molecule has 1 fully saturated rings. The number of carboxylic acids is 1. The van der Waals surface area contributed by atoms with E-state index in [4.69, 9.17) is 5.11 Å². The molecule has 5 nitrogen and oxygen atoms in total. The zero-order valence-corrected chi connectivity index (χ0v) is 18.4. The predicted molar refractivity (Wildman–Crippen MR) is 113 cm³/mol. The highest BCUT2D eigenvalue weighted by Crippen LogP contribution is 2.35. The van der Waals surface area contributed by atoms with E-state index in [1.807, 2.05) is 24.9 Å². The molecule has 0 aromatic heterocycles. The number of carbonyl (C=O) groups is 1. The molecule has 0 spiro atoms. The lowest BCUT2D eigenvalue weighted by Gasteiger charge is -2.37. The van der Waals surface area contributed by atoms with E-state index < -0.39 is 23.6 Å². The van der Waals surface area contributed by atoms with Gasteiger partial charge in [0.2, 0.25) is 0 Å². The van der Waals surface area contributed by atoms with Gasteiger partial charge in [0.1, 0.15) is 0 Å². The van der Waals surface area contributed by atoms with Crippen LogP contribution in [0.25, 0.3) is 0 Å². The van der Waals surface area contributed by atoms with Crippen LogP contribution in [0.5, 0.6) is 0 Å². The third kappa shape index (κ3) is 6.60. The molecule has 0 unspecified atom stereocenters. The minimum atomic E-state index is -4.43. The molecule has 1 aromatic rings. The number of nitrogens with one attached hydrogen (secondary N) is 1. The van der Waals surface area contributed by atoms with Crippen LogP contribution in [0.1, 0.15) is 51.2 Å². The van der Waals surface area contributed by atoms with Crippen LogP contribution in [0.15, 0.2) is 18.2 Å². The smallest absolute Gasteiger partial charge is 0.416 e. The van der Waals surface area contributed by atoms with Crippen LogP contribution in [-0.2, 0) is 17.5 Å². The second-order valence-electron chi connectivity index (χ2n) is 8.76. The monoisotopic (exact) mass is 429 g/mol. The number of anilines is 1. The van der Waals surface area contributed by atoms with Crippen molar-refractivity contribution >= 4 is 11.7 Å². The second kappa shape index (κ2) is 10.0. The predicted octanol–water partition coefficient (Wildman–Crippen LogP) is 4.22. The van der Waals surface area contributed by atoms with Crippen LogP contribution in [0.3, 0.4) is 0 Å². The number of benzene rings is 1. The Morgan fingerprint density at radius 2 is 1.87 bits per heavy atom. The van der Waals surface area contributed by atoms with Crippen molar-refractivity contribution in [1.29, 1.82) is 0 Å². The molecule has 30 heavy (non-hydrogen) atoms. The molecule has 1 aliphatic heterocycles. The van der Waals surface area contributed by atoms with Gasteiger partial charge < -0.3 is 15.3 Å². The summed E-state index contributed by atoms with van der Waals surface area (Å²) in [5.74, 6) is -1.25. The number of nitrogens with zero attached hydrogens (tertiary/aromatic N) is 2. The maximum Gasteiger partial charge on any atom is 0.416 e. The van der Waals surface area contributed by atoms with Crippen molar-refractivity contribution in [1.82, 2.24) is 10.2 Å². The van der Waals surface area contributed by atoms with Gasteiger partial charge >= 0.3 is 12.1 Å². The van der Waals surface area contributed by atoms with E-state index in [2.05, 4.69) is 24.1 Å². The average molecular weight is 430 g/mol. The highest BCUT2D eigenvalue weighted by atomic mass is 19.4. The molecule has 1 aliphatic rings. The number of carboxylic acid groups (broad SMARTS) is 1. The normalized spacial score (nSPS) is 16.3. The Balaban J connectivity index is 2.21. The molecule has 1 heterocycles. The SMILES string of the molecule is CCNCCC(C)(C)N(C)Cc1cc(N2CCC(C(=O)O)CC2)cc(C(F)(F)F)c1. The summed E-state index contributed by atoms with van der Waals surface area (Å²) < 4.78 is 40.6. The molecule has 170 valence electrons. The third-order valence-electron chi connectivity index (χ3n) is 6.13. The van der Waals surface area contributed by atoms with Crippen LogP contribution in [0.2, 0.25) is 0 Å². The fraction of sp³-hybridized carbons (Fsp3) is 0.682. The van der Waals surface area contributed by atoms with Crippen molar-refractivity contribution in [3.63, 3.8) is 0 Å². The van der Waals surface area contributed by atoms with Crippen molar-refractivity contribution in [3.05, 3.63) is 29.3 Å². The van der Waals surface area contributed by atoms with Gasteiger partial charge in [-0.2, -0.15) is 13.2 Å². The standard InChI is InChI=1S/C22H34F3N3O2/c1-5-26-9-8-21(2,3)27(4)15-16-12-18(22(23,24)25)14-19(13-16)28-10-6-17(7-11-28)20(29)30/h12-14,17,26H,5-11,15H2,1-4H3,(H,29,30). The number of rotatable bonds is 9. The number of hydrogen-bond donors (Lipinski definition) is 2. The highest BCUT2D eigenvalue weighted by Gasteiger charge is 2.33. The van der Waals surface area contributed by atoms with E-state index in [1.54, 1.807) is 0 Å². The van der Waals surface area contributed by atoms with Gasteiger partial charge in [-0.05, 0) is 77.0 Å². The third-order valence-corrected chi connectivity index (χ3v) is 6.13. The Hall–Kier alpha value is -1.80. The lowest BCUT2D eigenvalue weighted by atomic mass is 9.95. The molecule has 0 amide bonds. The minimum absolute atomic E-state index is 0.170. The van der Waals surface area contributed by atoms with Crippen molar-refractivity contribution in [2.45, 2.75) is 58.3 Å². The molecule has 2 N–H and O–H groups in total. The Kier molecular flexibility index (Phi) is 8.16. The molecule has 2 rings (SSSR count). The van der Waals surface area contributed by atoms with Crippen molar-refractivity contribution in [2.75, 3.05) is 38.1 Å². The van der Waals surface area contributed by atoms with Gasteiger partial charge in [0.25, 0.3) is 0 Å². The number of piperidine rings is 1. The van der Waals surface area contributed by atoms with Gasteiger partial charge in [-0.3, -0.25) is 9.69 Å². The van der Waals surface area contributed by atoms with Gasteiger partial charge in [0.15, 0.2) is 0 Å². The summed E-state index contributed by atoms with van der Waals surface area (Å²) in [6.07, 6.45) is -2.66. The van der Waals surface area contributed by atoms with Crippen LogP contribution in [-0.4, -0.2) is 54.7 Å². The molecule has 1 aromatic carbocycles. The lowest BCUT2D eigenvalue weighted by molar-refractivity contribution is -0.142. The summed E-state index contributed by atoms with van der Waals surface area (Å²) in [4.78, 5) is 15.1. The topological polar surface area (TPSA) is 55.8 Å². The average Bonchev–Trinajstić information content (AvgIpc) is 2.67. The van der Waals surface area contributed by atoms with Gasteiger partial charge in [-0.25, -0.2) is 0 Å². The van der Waals surface area contributed by atoms with Crippen LogP contribution in [0, 0.1) is 5.92 Å². The molecule has 0 atom stereocenters. The van der Waals surface area contributed by atoms with Crippen LogP contribution >= 0.6 is 0 Å². The number of aliphatic carboxylic acids is 1. The van der Waals surface area contributed by atoms with E-state index in [-0.39, 0.29) is 5.54 Å². The van der Waals surface area contributed by atoms with E-state index >= 15 is 0 Å². The van der Waals surface area contributed by atoms with Gasteiger partial charge in [0.05, 0.1) is 11.5 Å². The second-order valence-corrected chi connectivity index (χ2v) is 8.76. The summed E-state index contributed by atoms with van der Waals surface area (Å²) in [5, 5.41) is 12.5. The molecule has 0 saturated carbocycles. The Morgan fingerprint density at radius 1 is 1.23 bits per heavy atom. The number of halogens is 3. The van der Waals surface area contributed by atoms with Crippen LogP contribution < -0.4 is 10.2 Å². The first-order valence-corrected chi connectivity index (χ1v) is 10.5. The maximum absolute atomic E-state index is 13.5. The Bertz CT molecular complexity index is 714. The number of alkyl halides is 3. The first-order valence-electron chi connectivity index (χ1n) is 10.5. The molecular weight excluding hydrogens is 395 g/mol. The molecule has 0 bridgehead atoms. The van der Waals surface area contributed by atoms with Crippen molar-refractivity contribution in [2.24, 2.45) is 5.92 Å². The molecular formula is C22H34F3N3O2. The van der Waals surface area contributed by atoms with E-state index in [0.717, 1.165) is 19.5 Å². The van der Waals surface area contributed by atoms with Crippen molar-refractivity contribution < 1.29 is 23.1 Å². The summed E-state index contributed by atoms with van der Waals surface area (Å²) in [7, 11) is 1.93. The van der Waals surface area contributed by atoms with Crippen molar-refractivity contribution in [3.8, 4) is 0 Å². The quantitative estimate of drug-likeness (QED) is 0.576. The largest absolute Gasteiger partial charge is 0.481 e. The summed E-state index contributed by atoms with van der Waals surface area (Å²) >= 11 is 0. The fourth-order valence-corrected chi connectivity index (χ4v) is 3.75. The Labute approximate surface area is 177 Å². The lowest BCUT2D eigenvalue weighted by Crippen LogP contribution is -2.42. The molecule has 8 heteroatoms. The Morgan fingerprint density at radius 3 is 2.40 bits per heavy atom. The summed E-state index contributed by atoms with van der Waals surface area (Å²) in [6.45, 7) is 9.26. The first-order chi connectivity index (χ1) is 13.9. The first kappa shape index (κ1) is 24.5. The van der Waals surface area contributed by atoms with Gasteiger partial charge in [-0.1, -0.05) is 6.92 Å². The zero-order valence-electron chi connectivity index (χ0n) is 18.4. The number of hydrogen-bond acceptors (Lipinski definition) is 4. The summed E-state index contributed by atoms with van der Waals surface area (Å²) in [5.41, 5.74) is 0.298. The summed E-state index contributed by atoms with van der Waals surface area (Å²) in [6, 6.07) is 4.22. The zero-order chi connectivity index (χ0) is 22.5. The fourth-order valence-electron chi connectivity index (χ4n) is 3.75. The van der Waals surface area contributed by atoms with Gasteiger partial charge in [-0.15, -0.1) is 0 Å². The molecule has 1 saturated heterocycles. The van der Waals surface area contributed by atoms with Crippen LogP contribution in [0.4, 0.5) is 18.9 Å². The molecule has 0 radical (unpaired) electrons. The molecule has 0 aliphatic carbocycles. The van der Waals surface area contributed by atoms with E-state index in [9.17, 15) is 18.0 Å². The van der Waals surface area contributed by atoms with Gasteiger partial charge in [0, 0.05) is 30.9 Å². The minimum Gasteiger partial charge on any atom is -0.481 e. The maximum atomic E-state index is 13.5. The van der Waals surface area contributed by atoms with E-state index in [0.29, 0.717) is 43.7 Å².